The van der Waals surface area contributed by atoms with Crippen LogP contribution in [0.3, 0.4) is 0 Å². The third-order valence-corrected chi connectivity index (χ3v) is 12.1. The Hall–Kier alpha value is -2.68. The van der Waals surface area contributed by atoms with Crippen LogP contribution in [0.4, 0.5) is 0 Å². The van der Waals surface area contributed by atoms with Gasteiger partial charge in [-0.05, 0) is 148 Å². The summed E-state index contributed by atoms with van der Waals surface area (Å²) in [5, 5.41) is 14.9. The number of hydrazone groups is 1. The minimum atomic E-state index is -0.930. The van der Waals surface area contributed by atoms with Crippen LogP contribution in [0, 0.1) is 55.4 Å². The van der Waals surface area contributed by atoms with Gasteiger partial charge in [0.15, 0.2) is 11.5 Å². The van der Waals surface area contributed by atoms with Crippen molar-refractivity contribution in [1.82, 2.24) is 5.43 Å². The summed E-state index contributed by atoms with van der Waals surface area (Å²) in [7, 11) is 0. The molecule has 3 aromatic rings. The third kappa shape index (κ3) is 8.01. The van der Waals surface area contributed by atoms with E-state index in [4.69, 9.17) is 9.47 Å². The number of hydrogen-bond donors (Lipinski definition) is 2. The summed E-state index contributed by atoms with van der Waals surface area (Å²) >= 11 is 7.48. The summed E-state index contributed by atoms with van der Waals surface area (Å²) in [6, 6.07) is 5.68. The minimum Gasteiger partial charge on any atom is -0.485 e. The molecule has 2 N–H and O–H groups in total. The highest BCUT2D eigenvalue weighted by Crippen LogP contribution is 2.36. The number of amides is 1. The maximum atomic E-state index is 12.5. The van der Waals surface area contributed by atoms with Gasteiger partial charge in [0.2, 0.25) is 5.91 Å². The molecule has 45 heavy (non-hydrogen) atoms. The van der Waals surface area contributed by atoms with E-state index in [1.54, 1.807) is 6.21 Å². The Morgan fingerprint density at radius 2 is 1.24 bits per heavy atom. The van der Waals surface area contributed by atoms with Crippen LogP contribution in [0.15, 0.2) is 32.2 Å². The number of carbonyl (C=O) groups is 1. The molecule has 1 aliphatic rings. The van der Waals surface area contributed by atoms with Crippen LogP contribution in [0.5, 0.6) is 11.5 Å². The summed E-state index contributed by atoms with van der Waals surface area (Å²) in [5.41, 5.74) is 14.4. The third-order valence-electron chi connectivity index (χ3n) is 9.77. The molecular weight excluding hydrogens is 696 g/mol. The molecule has 1 fully saturated rings. The zero-order valence-corrected chi connectivity index (χ0v) is 31.0. The van der Waals surface area contributed by atoms with E-state index in [1.807, 2.05) is 18.2 Å². The monoisotopic (exact) mass is 740 g/mol. The number of benzene rings is 3. The second-order valence-electron chi connectivity index (χ2n) is 12.6. The van der Waals surface area contributed by atoms with E-state index >= 15 is 0 Å². The van der Waals surface area contributed by atoms with Gasteiger partial charge in [-0.3, -0.25) is 4.79 Å². The molecule has 6 nitrogen and oxygen atoms in total. The molecule has 0 unspecified atom stereocenters. The Balaban J connectivity index is 1.59. The van der Waals surface area contributed by atoms with Crippen LogP contribution in [-0.4, -0.2) is 22.8 Å². The maximum absolute atomic E-state index is 12.5. The molecule has 1 aliphatic carbocycles. The number of rotatable bonds is 10. The van der Waals surface area contributed by atoms with E-state index in [9.17, 15) is 9.90 Å². The molecule has 0 saturated heterocycles. The molecule has 0 bridgehead atoms. The van der Waals surface area contributed by atoms with Crippen molar-refractivity contribution in [1.29, 1.82) is 0 Å². The Morgan fingerprint density at radius 1 is 0.778 bits per heavy atom. The van der Waals surface area contributed by atoms with Crippen LogP contribution in [0.1, 0.15) is 99.7 Å². The minimum absolute atomic E-state index is 0.0596. The van der Waals surface area contributed by atoms with Gasteiger partial charge in [-0.15, -0.1) is 0 Å². The fourth-order valence-corrected chi connectivity index (χ4v) is 7.35. The zero-order valence-electron chi connectivity index (χ0n) is 27.8. The number of ether oxygens (including phenoxy) is 2. The molecule has 1 amide bonds. The first-order valence-corrected chi connectivity index (χ1v) is 17.3. The number of halogens is 2. The Kier molecular flexibility index (Phi) is 11.6. The van der Waals surface area contributed by atoms with Crippen molar-refractivity contribution in [3.05, 3.63) is 88.3 Å². The van der Waals surface area contributed by atoms with E-state index in [2.05, 4.69) is 97.8 Å². The first kappa shape index (κ1) is 35.2. The molecule has 0 spiro atoms. The van der Waals surface area contributed by atoms with Crippen LogP contribution >= 0.6 is 31.9 Å². The topological polar surface area (TPSA) is 80.2 Å². The van der Waals surface area contributed by atoms with Crippen LogP contribution in [0.25, 0.3) is 0 Å². The molecule has 8 heteroatoms. The highest BCUT2D eigenvalue weighted by molar-refractivity contribution is 9.10. The maximum Gasteiger partial charge on any atom is 0.242 e. The van der Waals surface area contributed by atoms with Crippen molar-refractivity contribution in [2.24, 2.45) is 5.10 Å². The summed E-state index contributed by atoms with van der Waals surface area (Å²) in [6.45, 7) is 17.8. The number of nitrogens with one attached hydrogen (secondary N) is 1. The second-order valence-corrected chi connectivity index (χ2v) is 14.2. The van der Waals surface area contributed by atoms with Crippen molar-refractivity contribution in [2.45, 2.75) is 113 Å². The second kappa shape index (κ2) is 14.8. The van der Waals surface area contributed by atoms with Crippen molar-refractivity contribution in [3.63, 3.8) is 0 Å². The average molecular weight is 743 g/mol. The van der Waals surface area contributed by atoms with Crippen LogP contribution in [0.2, 0.25) is 0 Å². The molecule has 0 aliphatic heterocycles. The fourth-order valence-electron chi connectivity index (χ4n) is 6.16. The molecular formula is C37H46Br2N2O4. The average Bonchev–Trinajstić information content (AvgIpc) is 3.01. The van der Waals surface area contributed by atoms with E-state index in [0.717, 1.165) is 44.9 Å². The van der Waals surface area contributed by atoms with Gasteiger partial charge in [0, 0.05) is 8.95 Å². The number of carbonyl (C=O) groups excluding carboxylic acids is 1. The summed E-state index contributed by atoms with van der Waals surface area (Å²) in [4.78, 5) is 12.5. The fraction of sp³-hybridized carbons (Fsp3) is 0.459. The van der Waals surface area contributed by atoms with Crippen LogP contribution in [-0.2, 0) is 18.0 Å². The highest BCUT2D eigenvalue weighted by Gasteiger charge is 2.31. The predicted molar refractivity (Wildman–Crippen MR) is 190 cm³/mol. The lowest BCUT2D eigenvalue weighted by Crippen LogP contribution is -2.37. The highest BCUT2D eigenvalue weighted by atomic mass is 79.9. The standard InChI is InChI=1S/C37H46Br2N2O4/c1-21-25(5)35(38)26(6)22(2)30(21)19-44-32-13-12-29(18-40-41-34(42)17-37(43)14-10-9-11-15-37)16-33(32)45-20-31-23(3)27(7)36(39)28(8)24(31)4/h12-13,16,18,43H,9-11,14-15,17,19-20H2,1-8H3,(H,41,42)/b40-18-. The number of aliphatic hydroxyl groups is 1. The van der Waals surface area contributed by atoms with E-state index in [0.29, 0.717) is 37.6 Å². The normalized spacial score (nSPS) is 14.6. The van der Waals surface area contributed by atoms with Gasteiger partial charge >= 0.3 is 0 Å². The van der Waals surface area contributed by atoms with Crippen molar-refractivity contribution < 1.29 is 19.4 Å². The predicted octanol–water partition coefficient (Wildman–Crippen LogP) is 9.37. The summed E-state index contributed by atoms with van der Waals surface area (Å²) in [5.74, 6) is 0.943. The van der Waals surface area contributed by atoms with E-state index in [1.165, 1.54) is 44.5 Å². The lowest BCUT2D eigenvalue weighted by molar-refractivity contribution is -0.127. The molecule has 1 saturated carbocycles. The van der Waals surface area contributed by atoms with Gasteiger partial charge in [0.25, 0.3) is 0 Å². The largest absolute Gasteiger partial charge is 0.485 e. The summed E-state index contributed by atoms with van der Waals surface area (Å²) in [6.07, 6.45) is 5.96. The molecule has 0 heterocycles. The zero-order chi connectivity index (χ0) is 33.1. The van der Waals surface area contributed by atoms with Crippen molar-refractivity contribution >= 4 is 44.0 Å². The molecule has 4 rings (SSSR count). The van der Waals surface area contributed by atoms with Crippen molar-refractivity contribution in [2.75, 3.05) is 0 Å². The first-order valence-electron chi connectivity index (χ1n) is 15.7. The molecule has 3 aromatic carbocycles. The Morgan fingerprint density at radius 3 is 1.73 bits per heavy atom. The van der Waals surface area contributed by atoms with Gasteiger partial charge in [-0.25, -0.2) is 5.43 Å². The summed E-state index contributed by atoms with van der Waals surface area (Å²) < 4.78 is 15.2. The molecule has 0 radical (unpaired) electrons. The number of hydrogen-bond acceptors (Lipinski definition) is 5. The molecule has 242 valence electrons. The van der Waals surface area contributed by atoms with Gasteiger partial charge < -0.3 is 14.6 Å². The van der Waals surface area contributed by atoms with Crippen LogP contribution < -0.4 is 14.9 Å². The quantitative estimate of drug-likeness (QED) is 0.160. The molecule has 0 aromatic heterocycles. The van der Waals surface area contributed by atoms with Gasteiger partial charge in [-0.1, -0.05) is 51.1 Å². The first-order chi connectivity index (χ1) is 21.2. The SMILES string of the molecule is Cc1c(C)c(COc2ccc(/C=N\NC(=O)CC3(O)CCCCC3)cc2OCc2c(C)c(C)c(Br)c(C)c2C)c(C)c(C)c1Br. The lowest BCUT2D eigenvalue weighted by atomic mass is 9.82. The van der Waals surface area contributed by atoms with E-state index in [-0.39, 0.29) is 12.3 Å². The van der Waals surface area contributed by atoms with Gasteiger partial charge in [0.1, 0.15) is 13.2 Å². The van der Waals surface area contributed by atoms with Gasteiger partial charge in [0.05, 0.1) is 18.2 Å². The van der Waals surface area contributed by atoms with E-state index < -0.39 is 5.60 Å². The Bertz CT molecular complexity index is 1570. The smallest absolute Gasteiger partial charge is 0.242 e. The van der Waals surface area contributed by atoms with Gasteiger partial charge in [-0.2, -0.15) is 5.10 Å². The lowest BCUT2D eigenvalue weighted by Gasteiger charge is -2.31. The molecule has 0 atom stereocenters. The number of nitrogens with zero attached hydrogens (tertiary/aromatic N) is 1. The van der Waals surface area contributed by atoms with Crippen molar-refractivity contribution in [3.8, 4) is 11.5 Å². The Labute approximate surface area is 285 Å².